The zero-order valence-corrected chi connectivity index (χ0v) is 22.0. The van der Waals surface area contributed by atoms with E-state index in [0.717, 1.165) is 43.2 Å². The molecule has 2 amide bonds. The fourth-order valence-electron chi connectivity index (χ4n) is 7.78. The van der Waals surface area contributed by atoms with Crippen LogP contribution in [0.3, 0.4) is 0 Å². The number of hydrogen-bond acceptors (Lipinski definition) is 4. The number of nitrogens with two attached hydrogens (primary N) is 1. The molecule has 1 aromatic carbocycles. The van der Waals surface area contributed by atoms with Gasteiger partial charge in [-0.05, 0) is 92.7 Å². The number of carbonyl (C=O) groups excluding carboxylic acids is 2. The minimum atomic E-state index is -3.88. The molecule has 1 heterocycles. The van der Waals surface area contributed by atoms with Gasteiger partial charge in [-0.1, -0.05) is 17.7 Å². The number of hydrogen-bond donors (Lipinski definition) is 2. The Morgan fingerprint density at radius 2 is 1.83 bits per heavy atom. The summed E-state index contributed by atoms with van der Waals surface area (Å²) in [6.45, 7) is 4.21. The van der Waals surface area contributed by atoms with Gasteiger partial charge in [0.25, 0.3) is 0 Å². The first-order valence-electron chi connectivity index (χ1n) is 12.6. The van der Waals surface area contributed by atoms with E-state index in [-0.39, 0.29) is 29.8 Å². The number of benzene rings is 1. The van der Waals surface area contributed by atoms with E-state index in [1.165, 1.54) is 8.61 Å². The monoisotopic (exact) mass is 522 g/mol. The van der Waals surface area contributed by atoms with Gasteiger partial charge < -0.3 is 11.1 Å². The first-order chi connectivity index (χ1) is 16.5. The molecule has 192 valence electrons. The lowest BCUT2D eigenvalue weighted by Gasteiger charge is -2.60. The van der Waals surface area contributed by atoms with E-state index in [2.05, 4.69) is 5.32 Å². The molecule has 0 aromatic heterocycles. The van der Waals surface area contributed by atoms with E-state index in [4.69, 9.17) is 17.3 Å². The van der Waals surface area contributed by atoms with Crippen LogP contribution in [0.2, 0.25) is 5.02 Å². The molecule has 10 heteroatoms. The second-order valence-corrected chi connectivity index (χ2v) is 13.6. The molecule has 6 rings (SSSR count). The molecule has 2 atom stereocenters. The van der Waals surface area contributed by atoms with Crippen LogP contribution < -0.4 is 15.4 Å². The lowest BCUT2D eigenvalue weighted by molar-refractivity contribution is -0.134. The number of carbonyl (C=O) groups is 2. The van der Waals surface area contributed by atoms with E-state index >= 15 is 0 Å². The summed E-state index contributed by atoms with van der Waals surface area (Å²) >= 11 is 6.46. The molecule has 35 heavy (non-hydrogen) atoms. The van der Waals surface area contributed by atoms with Crippen LogP contribution in [0.15, 0.2) is 12.1 Å². The third-order valence-corrected chi connectivity index (χ3v) is 10.8. The van der Waals surface area contributed by atoms with Crippen molar-refractivity contribution in [3.05, 3.63) is 28.3 Å². The zero-order chi connectivity index (χ0) is 25.1. The van der Waals surface area contributed by atoms with Crippen molar-refractivity contribution in [2.75, 3.05) is 23.9 Å². The average molecular weight is 523 g/mol. The predicted molar refractivity (Wildman–Crippen MR) is 135 cm³/mol. The van der Waals surface area contributed by atoms with Crippen LogP contribution in [0.5, 0.6) is 0 Å². The Balaban J connectivity index is 1.28. The van der Waals surface area contributed by atoms with Crippen LogP contribution in [0.25, 0.3) is 0 Å². The molecule has 4 aliphatic carbocycles. The van der Waals surface area contributed by atoms with Crippen LogP contribution in [-0.2, 0) is 19.8 Å². The molecule has 8 nitrogen and oxygen atoms in total. The second-order valence-electron chi connectivity index (χ2n) is 11.4. The molecule has 1 aromatic rings. The quantitative estimate of drug-likeness (QED) is 0.598. The van der Waals surface area contributed by atoms with Gasteiger partial charge in [0.05, 0.1) is 17.3 Å². The zero-order valence-electron chi connectivity index (χ0n) is 20.4. The highest BCUT2D eigenvalue weighted by Gasteiger charge is 2.56. The maximum absolute atomic E-state index is 13.5. The smallest absolute Gasteiger partial charge is 0.304 e. The Morgan fingerprint density at radius 1 is 1.14 bits per heavy atom. The van der Waals surface area contributed by atoms with Gasteiger partial charge in [-0.15, -0.1) is 0 Å². The third kappa shape index (κ3) is 4.55. The Bertz CT molecular complexity index is 1120. The Kier molecular flexibility index (Phi) is 6.33. The van der Waals surface area contributed by atoms with E-state index in [1.807, 2.05) is 19.9 Å². The number of halogens is 1. The number of anilines is 1. The topological polar surface area (TPSA) is 113 Å². The van der Waals surface area contributed by atoms with Gasteiger partial charge in [0.15, 0.2) is 0 Å². The molecule has 5 fully saturated rings. The van der Waals surface area contributed by atoms with Crippen molar-refractivity contribution >= 4 is 39.3 Å². The highest BCUT2D eigenvalue weighted by molar-refractivity contribution is 7.90. The fraction of sp³-hybridized carbons (Fsp3) is 0.680. The van der Waals surface area contributed by atoms with Crippen LogP contribution >= 0.6 is 11.6 Å². The standard InChI is InChI=1S/C25H35ClN4O4S/c1-15-6-16(2)24(20(26)7-15)30-5-3-4-29(35(30,33)34)14-22(32)28-23-18-8-17-9-19(23)12-25(10-17,11-18)13-21(27)31/h6-7,17-19,23H,3-5,8-14H2,1-2H3,(H2,27,31)(H,28,32). The maximum atomic E-state index is 13.5. The lowest BCUT2D eigenvalue weighted by Crippen LogP contribution is -2.61. The van der Waals surface area contributed by atoms with Gasteiger partial charge >= 0.3 is 10.2 Å². The summed E-state index contributed by atoms with van der Waals surface area (Å²) in [6, 6.07) is 3.72. The number of nitrogens with one attached hydrogen (secondary N) is 1. The molecule has 5 aliphatic rings. The summed E-state index contributed by atoms with van der Waals surface area (Å²) in [6.07, 6.45) is 6.05. The summed E-state index contributed by atoms with van der Waals surface area (Å²) in [5.41, 5.74) is 7.80. The molecule has 1 aliphatic heterocycles. The van der Waals surface area contributed by atoms with Crippen molar-refractivity contribution in [2.45, 2.75) is 64.8 Å². The van der Waals surface area contributed by atoms with Crippen LogP contribution in [0.4, 0.5) is 5.69 Å². The maximum Gasteiger partial charge on any atom is 0.304 e. The number of nitrogens with zero attached hydrogens (tertiary/aromatic N) is 2. The number of rotatable bonds is 6. The number of aryl methyl sites for hydroxylation is 2. The molecular weight excluding hydrogens is 488 g/mol. The highest BCUT2D eigenvalue weighted by atomic mass is 35.5. The van der Waals surface area contributed by atoms with Crippen LogP contribution in [-0.4, -0.2) is 50.2 Å². The Labute approximate surface area is 212 Å². The predicted octanol–water partition coefficient (Wildman–Crippen LogP) is 2.90. The van der Waals surface area contributed by atoms with Gasteiger partial charge in [0.1, 0.15) is 0 Å². The molecule has 2 unspecified atom stereocenters. The summed E-state index contributed by atoms with van der Waals surface area (Å²) in [5, 5.41) is 3.60. The highest BCUT2D eigenvalue weighted by Crippen LogP contribution is 2.61. The summed E-state index contributed by atoms with van der Waals surface area (Å²) in [5.74, 6) is 0.750. The first kappa shape index (κ1) is 24.8. The van der Waals surface area contributed by atoms with Crippen molar-refractivity contribution < 1.29 is 18.0 Å². The molecule has 0 radical (unpaired) electrons. The number of primary amides is 1. The Morgan fingerprint density at radius 3 is 2.46 bits per heavy atom. The first-order valence-corrected chi connectivity index (χ1v) is 14.4. The van der Waals surface area contributed by atoms with Crippen molar-refractivity contribution in [1.29, 1.82) is 0 Å². The molecule has 0 spiro atoms. The average Bonchev–Trinajstić information content (AvgIpc) is 2.71. The molecule has 3 N–H and O–H groups in total. The third-order valence-electron chi connectivity index (χ3n) is 8.62. The van der Waals surface area contributed by atoms with Gasteiger partial charge in [0.2, 0.25) is 11.8 Å². The van der Waals surface area contributed by atoms with Crippen molar-refractivity contribution in [1.82, 2.24) is 9.62 Å². The van der Waals surface area contributed by atoms with Crippen LogP contribution in [0, 0.1) is 37.0 Å². The fourth-order valence-corrected chi connectivity index (χ4v) is 10.0. The number of amides is 2. The molecular formula is C25H35ClN4O4S. The lowest BCUT2D eigenvalue weighted by atomic mass is 9.47. The van der Waals surface area contributed by atoms with Gasteiger partial charge in [-0.3, -0.25) is 13.9 Å². The second kappa shape index (κ2) is 8.92. The van der Waals surface area contributed by atoms with Gasteiger partial charge in [-0.2, -0.15) is 12.7 Å². The summed E-state index contributed by atoms with van der Waals surface area (Å²) in [4.78, 5) is 24.8. The van der Waals surface area contributed by atoms with Gasteiger partial charge in [-0.25, -0.2) is 0 Å². The van der Waals surface area contributed by atoms with Gasteiger partial charge in [0, 0.05) is 25.6 Å². The SMILES string of the molecule is Cc1cc(C)c(N2CCCN(CC(=O)NC3C4CC5CC3CC(CC(N)=O)(C5)C4)S2(=O)=O)c(Cl)c1. The molecule has 4 bridgehead atoms. The summed E-state index contributed by atoms with van der Waals surface area (Å²) < 4.78 is 29.6. The van der Waals surface area contributed by atoms with Crippen molar-refractivity contribution in [2.24, 2.45) is 28.9 Å². The van der Waals surface area contributed by atoms with E-state index in [1.54, 1.807) is 6.07 Å². The van der Waals surface area contributed by atoms with Crippen LogP contribution in [0.1, 0.15) is 56.1 Å². The molecule has 4 saturated carbocycles. The molecule has 1 saturated heterocycles. The van der Waals surface area contributed by atoms with E-state index < -0.39 is 10.2 Å². The normalized spacial score (nSPS) is 33.6. The van der Waals surface area contributed by atoms with Crippen molar-refractivity contribution in [3.8, 4) is 0 Å². The largest absolute Gasteiger partial charge is 0.370 e. The minimum Gasteiger partial charge on any atom is -0.370 e. The van der Waals surface area contributed by atoms with E-state index in [9.17, 15) is 18.0 Å². The minimum absolute atomic E-state index is 0.00849. The van der Waals surface area contributed by atoms with E-state index in [0.29, 0.717) is 54.4 Å². The van der Waals surface area contributed by atoms with Crippen molar-refractivity contribution in [3.63, 3.8) is 0 Å². The summed E-state index contributed by atoms with van der Waals surface area (Å²) in [7, 11) is -3.88. The Hall–Kier alpha value is -1.84.